The van der Waals surface area contributed by atoms with E-state index in [2.05, 4.69) is 107 Å². The predicted molar refractivity (Wildman–Crippen MR) is 135 cm³/mol. The first-order valence-electron chi connectivity index (χ1n) is 10.6. The number of thiophene rings is 1. The van der Waals surface area contributed by atoms with Crippen LogP contribution in [0.4, 0.5) is 0 Å². The Kier molecular flexibility index (Phi) is 3.72. The van der Waals surface area contributed by atoms with Crippen LogP contribution in [0.25, 0.3) is 59.7 Å². The third-order valence-electron chi connectivity index (χ3n) is 6.17. The monoisotopic (exact) mass is 427 g/mol. The number of rotatable bonds is 2. The molecule has 0 aliphatic carbocycles. The molecule has 32 heavy (non-hydrogen) atoms. The van der Waals surface area contributed by atoms with E-state index in [-0.39, 0.29) is 0 Å². The van der Waals surface area contributed by atoms with E-state index in [9.17, 15) is 0 Å². The zero-order chi connectivity index (χ0) is 21.1. The van der Waals surface area contributed by atoms with E-state index in [1.54, 1.807) is 11.3 Å². The van der Waals surface area contributed by atoms with Crippen LogP contribution in [0, 0.1) is 0 Å². The minimum absolute atomic E-state index is 0.864. The molecular formula is C28H17N3S. The van der Waals surface area contributed by atoms with Gasteiger partial charge in [-0.3, -0.25) is 4.57 Å². The number of benzene rings is 4. The number of nitrogens with zero attached hydrogens (tertiary/aromatic N) is 3. The highest BCUT2D eigenvalue weighted by Gasteiger charge is 2.18. The normalized spacial score (nSPS) is 11.8. The molecule has 0 saturated heterocycles. The third-order valence-corrected chi connectivity index (χ3v) is 7.05. The Labute approximate surface area is 188 Å². The zero-order valence-electron chi connectivity index (χ0n) is 17.1. The summed E-state index contributed by atoms with van der Waals surface area (Å²) in [6.45, 7) is 0. The van der Waals surface area contributed by atoms with Crippen molar-refractivity contribution in [3.63, 3.8) is 0 Å². The fourth-order valence-electron chi connectivity index (χ4n) is 4.74. The molecule has 7 aromatic rings. The second-order valence-electron chi connectivity index (χ2n) is 7.96. The van der Waals surface area contributed by atoms with Crippen LogP contribution in [-0.4, -0.2) is 14.8 Å². The third kappa shape index (κ3) is 2.47. The van der Waals surface area contributed by atoms with Crippen LogP contribution in [0.3, 0.4) is 0 Å². The minimum atomic E-state index is 0.864. The van der Waals surface area contributed by atoms with Gasteiger partial charge in [0.1, 0.15) is 5.69 Å². The highest BCUT2D eigenvalue weighted by atomic mass is 32.1. The van der Waals surface area contributed by atoms with Gasteiger partial charge in [-0.2, -0.15) is 0 Å². The van der Waals surface area contributed by atoms with Crippen molar-refractivity contribution >= 4 is 54.7 Å². The molecule has 0 atom stereocenters. The lowest BCUT2D eigenvalue weighted by Crippen LogP contribution is -2.02. The molecule has 3 aromatic heterocycles. The summed E-state index contributed by atoms with van der Waals surface area (Å²) in [5, 5.41) is 18.8. The van der Waals surface area contributed by atoms with Gasteiger partial charge in [0.25, 0.3) is 0 Å². The molecule has 0 N–H and O–H groups in total. The van der Waals surface area contributed by atoms with Gasteiger partial charge in [0, 0.05) is 21.5 Å². The van der Waals surface area contributed by atoms with E-state index in [1.807, 2.05) is 0 Å². The van der Waals surface area contributed by atoms with E-state index >= 15 is 0 Å². The molecule has 7 rings (SSSR count). The van der Waals surface area contributed by atoms with E-state index in [0.29, 0.717) is 0 Å². The molecule has 3 nitrogen and oxygen atoms in total. The largest absolute Gasteiger partial charge is 0.292 e. The second-order valence-corrected chi connectivity index (χ2v) is 8.91. The maximum Gasteiger partial charge on any atom is 0.168 e. The van der Waals surface area contributed by atoms with Gasteiger partial charge >= 0.3 is 0 Å². The highest BCUT2D eigenvalue weighted by molar-refractivity contribution is 7.13. The summed E-state index contributed by atoms with van der Waals surface area (Å²) in [5.74, 6) is 0.864. The van der Waals surface area contributed by atoms with Crippen LogP contribution in [0.2, 0.25) is 0 Å². The van der Waals surface area contributed by atoms with E-state index in [4.69, 9.17) is 10.2 Å². The first-order chi connectivity index (χ1) is 15.9. The van der Waals surface area contributed by atoms with Crippen molar-refractivity contribution in [2.75, 3.05) is 0 Å². The van der Waals surface area contributed by atoms with Gasteiger partial charge in [0.15, 0.2) is 5.82 Å². The quantitative estimate of drug-likeness (QED) is 0.266. The summed E-state index contributed by atoms with van der Waals surface area (Å²) in [4.78, 5) is 1.13. The van der Waals surface area contributed by atoms with Gasteiger partial charge < -0.3 is 0 Å². The molecule has 4 heteroatoms. The molecule has 0 spiro atoms. The SMILES string of the molecule is c1csc(-c2nnc(-n3c4ccccc4c4ccccc43)c3cc4ccccc4cc23)c1. The molecule has 4 aromatic carbocycles. The fourth-order valence-corrected chi connectivity index (χ4v) is 5.46. The molecule has 0 aliphatic heterocycles. The lowest BCUT2D eigenvalue weighted by atomic mass is 10.0. The van der Waals surface area contributed by atoms with E-state index < -0.39 is 0 Å². The molecule has 0 unspecified atom stereocenters. The van der Waals surface area contributed by atoms with E-state index in [1.165, 1.54) is 21.5 Å². The van der Waals surface area contributed by atoms with Crippen LogP contribution in [0.1, 0.15) is 0 Å². The number of hydrogen-bond donors (Lipinski definition) is 0. The van der Waals surface area contributed by atoms with Crippen molar-refractivity contribution in [3.05, 3.63) is 102 Å². The van der Waals surface area contributed by atoms with Gasteiger partial charge in [-0.1, -0.05) is 66.7 Å². The molecule has 0 saturated carbocycles. The van der Waals surface area contributed by atoms with Gasteiger partial charge in [-0.15, -0.1) is 21.5 Å². The summed E-state index contributed by atoms with van der Waals surface area (Å²) >= 11 is 1.70. The van der Waals surface area contributed by atoms with Crippen LogP contribution >= 0.6 is 11.3 Å². The van der Waals surface area contributed by atoms with Gasteiger partial charge in [0.05, 0.1) is 15.9 Å². The minimum Gasteiger partial charge on any atom is -0.292 e. The van der Waals surface area contributed by atoms with Crippen molar-refractivity contribution in [1.82, 2.24) is 14.8 Å². The molecule has 0 radical (unpaired) electrons. The Hall–Kier alpha value is -4.02. The average Bonchev–Trinajstić information content (AvgIpc) is 3.49. The van der Waals surface area contributed by atoms with Crippen molar-refractivity contribution in [2.45, 2.75) is 0 Å². The topological polar surface area (TPSA) is 30.7 Å². The Bertz CT molecular complexity index is 1720. The molecule has 0 fully saturated rings. The van der Waals surface area contributed by atoms with Crippen LogP contribution in [0.15, 0.2) is 102 Å². The standard InChI is InChI=1S/C28H17N3S/c1-2-9-19-17-23-22(16-18(19)8-1)27(26-14-7-15-32-26)29-30-28(23)31-24-12-5-3-10-20(24)21-11-4-6-13-25(21)31/h1-17H. The van der Waals surface area contributed by atoms with Gasteiger partial charge in [-0.05, 0) is 46.5 Å². The number of aromatic nitrogens is 3. The van der Waals surface area contributed by atoms with Crippen molar-refractivity contribution in [2.24, 2.45) is 0 Å². The molecule has 3 heterocycles. The molecular weight excluding hydrogens is 410 g/mol. The highest BCUT2D eigenvalue weighted by Crippen LogP contribution is 2.38. The number of para-hydroxylation sites is 2. The second kappa shape index (κ2) is 6.74. The molecule has 0 aliphatic rings. The number of hydrogen-bond acceptors (Lipinski definition) is 3. The molecule has 150 valence electrons. The summed E-state index contributed by atoms with van der Waals surface area (Å²) in [6.07, 6.45) is 0. The van der Waals surface area contributed by atoms with Gasteiger partial charge in [0.2, 0.25) is 0 Å². The summed E-state index contributed by atoms with van der Waals surface area (Å²) in [6, 6.07) is 34.2. The Morgan fingerprint density at radius 3 is 1.84 bits per heavy atom. The average molecular weight is 428 g/mol. The van der Waals surface area contributed by atoms with Crippen molar-refractivity contribution in [1.29, 1.82) is 0 Å². The first-order valence-corrected chi connectivity index (χ1v) is 11.5. The lowest BCUT2D eigenvalue weighted by molar-refractivity contribution is 0.978. The summed E-state index contributed by atoms with van der Waals surface area (Å²) < 4.78 is 2.26. The van der Waals surface area contributed by atoms with Crippen LogP contribution in [0.5, 0.6) is 0 Å². The summed E-state index contributed by atoms with van der Waals surface area (Å²) in [5.41, 5.74) is 3.22. The van der Waals surface area contributed by atoms with Gasteiger partial charge in [-0.25, -0.2) is 0 Å². The Morgan fingerprint density at radius 1 is 0.562 bits per heavy atom. The first kappa shape index (κ1) is 17.6. The maximum atomic E-state index is 4.83. The predicted octanol–water partition coefficient (Wildman–Crippen LogP) is 7.61. The Balaban J connectivity index is 1.67. The fraction of sp³-hybridized carbons (Fsp3) is 0. The Morgan fingerprint density at radius 2 is 1.19 bits per heavy atom. The maximum absolute atomic E-state index is 4.83. The van der Waals surface area contributed by atoms with Crippen LogP contribution < -0.4 is 0 Å². The zero-order valence-corrected chi connectivity index (χ0v) is 17.9. The lowest BCUT2D eigenvalue weighted by Gasteiger charge is -2.13. The van der Waals surface area contributed by atoms with E-state index in [0.717, 1.165) is 38.2 Å². The van der Waals surface area contributed by atoms with Crippen molar-refractivity contribution in [3.8, 4) is 16.4 Å². The molecule has 0 amide bonds. The smallest absolute Gasteiger partial charge is 0.168 e. The van der Waals surface area contributed by atoms with Crippen LogP contribution in [-0.2, 0) is 0 Å². The summed E-state index contributed by atoms with van der Waals surface area (Å²) in [7, 11) is 0. The number of fused-ring (bicyclic) bond motifs is 5. The van der Waals surface area contributed by atoms with Crippen molar-refractivity contribution < 1.29 is 0 Å². The molecule has 0 bridgehead atoms.